The van der Waals surface area contributed by atoms with Crippen LogP contribution in [-0.2, 0) is 11.3 Å². The molecule has 1 heterocycles. The largest absolute Gasteiger partial charge is 0.457 e. The zero-order valence-electron chi connectivity index (χ0n) is 12.1. The number of carbonyl (C=O) groups is 1. The lowest BCUT2D eigenvalue weighted by molar-refractivity contribution is 0.0476. The molecule has 23 heavy (non-hydrogen) atoms. The average Bonchev–Trinajstić information content (AvgIpc) is 3.01. The monoisotopic (exact) mass is 344 g/mol. The number of hydrogen-bond donors (Lipinski definition) is 0. The zero-order chi connectivity index (χ0) is 16.1. The lowest BCUT2D eigenvalue weighted by atomic mass is 10.2. The number of ether oxygens (including phenoxy) is 2. The van der Waals surface area contributed by atoms with Gasteiger partial charge >= 0.3 is 5.97 Å². The summed E-state index contributed by atoms with van der Waals surface area (Å²) in [4.78, 5) is 12.5. The second kappa shape index (κ2) is 7.31. The Hall–Kier alpha value is -2.30. The van der Waals surface area contributed by atoms with Gasteiger partial charge in [0.2, 0.25) is 0 Å². The molecule has 0 atom stereocenters. The molecule has 116 valence electrons. The Morgan fingerprint density at radius 2 is 1.70 bits per heavy atom. The van der Waals surface area contributed by atoms with E-state index in [0.29, 0.717) is 15.0 Å². The predicted octanol–water partition coefficient (Wildman–Crippen LogP) is 5.55. The molecule has 0 saturated heterocycles. The molecule has 5 heteroatoms. The van der Waals surface area contributed by atoms with Crippen LogP contribution in [0.5, 0.6) is 11.5 Å². The quantitative estimate of drug-likeness (QED) is 0.569. The van der Waals surface area contributed by atoms with Crippen LogP contribution in [-0.4, -0.2) is 5.97 Å². The van der Waals surface area contributed by atoms with Crippen molar-refractivity contribution in [2.45, 2.75) is 6.61 Å². The number of hydrogen-bond acceptors (Lipinski definition) is 4. The van der Waals surface area contributed by atoms with Gasteiger partial charge in [-0.2, -0.15) is 0 Å². The van der Waals surface area contributed by atoms with E-state index in [1.165, 1.54) is 11.3 Å². The van der Waals surface area contributed by atoms with Gasteiger partial charge in [-0.3, -0.25) is 0 Å². The van der Waals surface area contributed by atoms with Gasteiger partial charge in [-0.25, -0.2) is 4.79 Å². The number of halogens is 1. The standard InChI is InChI=1S/C18H13ClO3S/c19-17-11-10-16(23-17)18(20)21-12-13-6-4-5-9-15(13)22-14-7-2-1-3-8-14/h1-11H,12H2. The average molecular weight is 345 g/mol. The van der Waals surface area contributed by atoms with E-state index in [0.717, 1.165) is 11.3 Å². The van der Waals surface area contributed by atoms with Crippen LogP contribution in [0.3, 0.4) is 0 Å². The van der Waals surface area contributed by atoms with Crippen LogP contribution in [0.15, 0.2) is 66.7 Å². The molecule has 2 aromatic carbocycles. The van der Waals surface area contributed by atoms with Crippen LogP contribution < -0.4 is 4.74 Å². The Morgan fingerprint density at radius 1 is 0.957 bits per heavy atom. The van der Waals surface area contributed by atoms with E-state index in [4.69, 9.17) is 21.1 Å². The molecule has 0 fully saturated rings. The molecule has 0 aliphatic carbocycles. The summed E-state index contributed by atoms with van der Waals surface area (Å²) in [5.74, 6) is 1.00. The van der Waals surface area contributed by atoms with E-state index in [1.54, 1.807) is 12.1 Å². The Balaban J connectivity index is 1.69. The van der Waals surface area contributed by atoms with Gasteiger partial charge in [0, 0.05) is 5.56 Å². The van der Waals surface area contributed by atoms with E-state index in [1.807, 2.05) is 54.6 Å². The maximum atomic E-state index is 12.0. The highest BCUT2D eigenvalue weighted by Crippen LogP contribution is 2.27. The molecule has 0 bridgehead atoms. The molecule has 1 aromatic heterocycles. The highest BCUT2D eigenvalue weighted by Gasteiger charge is 2.12. The number of benzene rings is 2. The summed E-state index contributed by atoms with van der Waals surface area (Å²) >= 11 is 7.03. The van der Waals surface area contributed by atoms with Crippen LogP contribution in [0.4, 0.5) is 0 Å². The molecule has 3 aromatic rings. The van der Waals surface area contributed by atoms with Crippen molar-refractivity contribution in [2.75, 3.05) is 0 Å². The predicted molar refractivity (Wildman–Crippen MR) is 91.4 cm³/mol. The van der Waals surface area contributed by atoms with Crippen LogP contribution in [0.1, 0.15) is 15.2 Å². The number of esters is 1. The number of para-hydroxylation sites is 2. The molecule has 0 saturated carbocycles. The van der Waals surface area contributed by atoms with Gasteiger partial charge in [0.25, 0.3) is 0 Å². The summed E-state index contributed by atoms with van der Waals surface area (Å²) in [6.07, 6.45) is 0. The molecule has 0 spiro atoms. The Bertz CT molecular complexity index is 799. The minimum atomic E-state index is -0.392. The van der Waals surface area contributed by atoms with E-state index < -0.39 is 5.97 Å². The SMILES string of the molecule is O=C(OCc1ccccc1Oc1ccccc1)c1ccc(Cl)s1. The van der Waals surface area contributed by atoms with Crippen molar-refractivity contribution in [1.29, 1.82) is 0 Å². The molecule has 0 aliphatic heterocycles. The van der Waals surface area contributed by atoms with Gasteiger partial charge in [-0.15, -0.1) is 11.3 Å². The van der Waals surface area contributed by atoms with E-state index >= 15 is 0 Å². The van der Waals surface area contributed by atoms with Crippen LogP contribution in [0.2, 0.25) is 4.34 Å². The van der Waals surface area contributed by atoms with Gasteiger partial charge in [0.1, 0.15) is 23.0 Å². The highest BCUT2D eigenvalue weighted by molar-refractivity contribution is 7.17. The lowest BCUT2D eigenvalue weighted by Gasteiger charge is -2.11. The van der Waals surface area contributed by atoms with Gasteiger partial charge in [0.15, 0.2) is 0 Å². The van der Waals surface area contributed by atoms with Crippen LogP contribution in [0, 0.1) is 0 Å². The number of thiophene rings is 1. The van der Waals surface area contributed by atoms with Crippen molar-refractivity contribution in [3.8, 4) is 11.5 Å². The van der Waals surface area contributed by atoms with Crippen LogP contribution in [0.25, 0.3) is 0 Å². The van der Waals surface area contributed by atoms with Crippen molar-refractivity contribution in [1.82, 2.24) is 0 Å². The summed E-state index contributed by atoms with van der Waals surface area (Å²) in [6, 6.07) is 20.3. The molecule has 0 amide bonds. The van der Waals surface area contributed by atoms with Gasteiger partial charge in [-0.1, -0.05) is 48.0 Å². The van der Waals surface area contributed by atoms with Gasteiger partial charge in [-0.05, 0) is 30.3 Å². The third-order valence-corrected chi connectivity index (χ3v) is 4.29. The Morgan fingerprint density at radius 3 is 2.43 bits per heavy atom. The molecular weight excluding hydrogens is 332 g/mol. The summed E-state index contributed by atoms with van der Waals surface area (Å²) in [5, 5.41) is 0. The topological polar surface area (TPSA) is 35.5 Å². The molecule has 0 unspecified atom stereocenters. The zero-order valence-corrected chi connectivity index (χ0v) is 13.6. The normalized spacial score (nSPS) is 10.3. The smallest absolute Gasteiger partial charge is 0.348 e. The van der Waals surface area contributed by atoms with Crippen molar-refractivity contribution in [3.05, 3.63) is 81.5 Å². The summed E-state index contributed by atoms with van der Waals surface area (Å²) in [5.41, 5.74) is 0.798. The summed E-state index contributed by atoms with van der Waals surface area (Å²) in [7, 11) is 0. The molecule has 0 N–H and O–H groups in total. The summed E-state index contributed by atoms with van der Waals surface area (Å²) in [6.45, 7) is 0.136. The molecule has 0 radical (unpaired) electrons. The van der Waals surface area contributed by atoms with Crippen LogP contribution >= 0.6 is 22.9 Å². The first-order chi connectivity index (χ1) is 11.2. The highest BCUT2D eigenvalue weighted by atomic mass is 35.5. The second-order valence-corrected chi connectivity index (χ2v) is 6.42. The van der Waals surface area contributed by atoms with E-state index in [9.17, 15) is 4.79 Å². The molecule has 0 aliphatic rings. The van der Waals surface area contributed by atoms with E-state index in [-0.39, 0.29) is 6.61 Å². The molecular formula is C18H13ClO3S. The van der Waals surface area contributed by atoms with Gasteiger partial charge < -0.3 is 9.47 Å². The van der Waals surface area contributed by atoms with Crippen molar-refractivity contribution in [3.63, 3.8) is 0 Å². The van der Waals surface area contributed by atoms with Crippen molar-refractivity contribution >= 4 is 28.9 Å². The Labute approximate surface area is 143 Å². The first-order valence-electron chi connectivity index (χ1n) is 6.95. The maximum Gasteiger partial charge on any atom is 0.348 e. The molecule has 3 nitrogen and oxygen atoms in total. The Kier molecular flexibility index (Phi) is 4.95. The number of carbonyl (C=O) groups excluding carboxylic acids is 1. The first kappa shape index (κ1) is 15.6. The minimum Gasteiger partial charge on any atom is -0.457 e. The summed E-state index contributed by atoms with van der Waals surface area (Å²) < 4.78 is 11.7. The number of rotatable bonds is 5. The fourth-order valence-electron chi connectivity index (χ4n) is 1.98. The van der Waals surface area contributed by atoms with Crippen molar-refractivity contribution in [2.24, 2.45) is 0 Å². The molecule has 3 rings (SSSR count). The third kappa shape index (κ3) is 4.12. The minimum absolute atomic E-state index is 0.136. The maximum absolute atomic E-state index is 12.0. The van der Waals surface area contributed by atoms with E-state index in [2.05, 4.69) is 0 Å². The first-order valence-corrected chi connectivity index (χ1v) is 8.15. The third-order valence-electron chi connectivity index (χ3n) is 3.08. The second-order valence-electron chi connectivity index (χ2n) is 4.70. The van der Waals surface area contributed by atoms with Crippen molar-refractivity contribution < 1.29 is 14.3 Å². The fraction of sp³-hybridized carbons (Fsp3) is 0.0556. The van der Waals surface area contributed by atoms with Gasteiger partial charge in [0.05, 0.1) is 4.34 Å². The lowest BCUT2D eigenvalue weighted by Crippen LogP contribution is -2.04. The fourth-order valence-corrected chi connectivity index (χ4v) is 2.91.